The lowest BCUT2D eigenvalue weighted by atomic mass is 10.2. The molecule has 0 aromatic heterocycles. The first kappa shape index (κ1) is 8.90. The molecule has 0 heterocycles. The fraction of sp³-hybridized carbons (Fsp3) is 0. The molecule has 2 nitrogen and oxygen atoms in total. The molecule has 62 valence electrons. The highest BCUT2D eigenvalue weighted by Crippen LogP contribution is 2.07. The van der Waals surface area contributed by atoms with Crippen LogP contribution in [-0.2, 0) is 0 Å². The third kappa shape index (κ3) is 2.73. The summed E-state index contributed by atoms with van der Waals surface area (Å²) in [5.74, 6) is 5.03. The van der Waals surface area contributed by atoms with Gasteiger partial charge in [0.1, 0.15) is 0 Å². The molecule has 0 unspecified atom stereocenters. The van der Waals surface area contributed by atoms with Crippen molar-refractivity contribution in [1.29, 1.82) is 5.26 Å². The molecule has 0 atom stereocenters. The molecule has 1 aromatic carbocycles. The van der Waals surface area contributed by atoms with Crippen molar-refractivity contribution in [2.75, 3.05) is 5.32 Å². The summed E-state index contributed by atoms with van der Waals surface area (Å²) in [4.78, 5) is 0. The topological polar surface area (TPSA) is 35.8 Å². The first-order valence-corrected chi connectivity index (χ1v) is 3.74. The van der Waals surface area contributed by atoms with Gasteiger partial charge in [0.05, 0.1) is 0 Å². The predicted molar refractivity (Wildman–Crippen MR) is 52.8 cm³/mol. The van der Waals surface area contributed by atoms with Crippen molar-refractivity contribution in [3.05, 3.63) is 42.6 Å². The molecule has 0 aliphatic heterocycles. The van der Waals surface area contributed by atoms with Crippen LogP contribution in [0, 0.1) is 23.2 Å². The minimum absolute atomic E-state index is 0.830. The van der Waals surface area contributed by atoms with E-state index in [-0.39, 0.29) is 0 Å². The number of nitrogens with zero attached hydrogens (tertiary/aromatic N) is 1. The maximum absolute atomic E-state index is 8.22. The van der Waals surface area contributed by atoms with Crippen molar-refractivity contribution in [3.8, 4) is 17.9 Å². The summed E-state index contributed by atoms with van der Waals surface area (Å²) in [6, 6.07) is 9.21. The van der Waals surface area contributed by atoms with Crippen molar-refractivity contribution in [3.63, 3.8) is 0 Å². The molecule has 0 aliphatic carbocycles. The molecule has 13 heavy (non-hydrogen) atoms. The van der Waals surface area contributed by atoms with Gasteiger partial charge in [0.25, 0.3) is 0 Å². The van der Waals surface area contributed by atoms with E-state index < -0.39 is 0 Å². The molecule has 0 aliphatic rings. The van der Waals surface area contributed by atoms with Gasteiger partial charge < -0.3 is 5.32 Å². The van der Waals surface area contributed by atoms with E-state index in [1.54, 1.807) is 12.3 Å². The Hall–Kier alpha value is -2.19. The van der Waals surface area contributed by atoms with Crippen LogP contribution in [0.25, 0.3) is 0 Å². The van der Waals surface area contributed by atoms with Crippen LogP contribution in [0.15, 0.2) is 37.0 Å². The largest absolute Gasteiger partial charge is 0.362 e. The van der Waals surface area contributed by atoms with Gasteiger partial charge in [-0.05, 0) is 30.5 Å². The fourth-order valence-corrected chi connectivity index (χ4v) is 0.868. The Morgan fingerprint density at radius 3 is 2.54 bits per heavy atom. The molecule has 0 bridgehead atoms. The van der Waals surface area contributed by atoms with Gasteiger partial charge in [0.15, 0.2) is 6.07 Å². The summed E-state index contributed by atoms with van der Waals surface area (Å²) in [5.41, 5.74) is 1.79. The van der Waals surface area contributed by atoms with Crippen LogP contribution in [0.2, 0.25) is 0 Å². The molecular formula is C11H8N2. The zero-order chi connectivity index (χ0) is 9.52. The van der Waals surface area contributed by atoms with Gasteiger partial charge in [0, 0.05) is 17.2 Å². The summed E-state index contributed by atoms with van der Waals surface area (Å²) in [6.07, 6.45) is 1.61. The quantitative estimate of drug-likeness (QED) is 0.686. The second-order valence-corrected chi connectivity index (χ2v) is 2.29. The second kappa shape index (κ2) is 4.64. The average Bonchev–Trinajstić information content (AvgIpc) is 2.17. The van der Waals surface area contributed by atoms with Crippen LogP contribution < -0.4 is 5.32 Å². The smallest absolute Gasteiger partial charge is 0.152 e. The van der Waals surface area contributed by atoms with Crippen LogP contribution in [-0.4, -0.2) is 0 Å². The molecule has 2 heteroatoms. The highest BCUT2D eigenvalue weighted by molar-refractivity contribution is 5.50. The Kier molecular flexibility index (Phi) is 3.18. The molecule has 1 aromatic rings. The van der Waals surface area contributed by atoms with Gasteiger partial charge in [0.2, 0.25) is 0 Å². The highest BCUT2D eigenvalue weighted by atomic mass is 14.8. The maximum Gasteiger partial charge on any atom is 0.152 e. The molecule has 0 fully saturated rings. The van der Waals surface area contributed by atoms with Crippen molar-refractivity contribution < 1.29 is 0 Å². The Morgan fingerprint density at radius 2 is 2.00 bits per heavy atom. The van der Waals surface area contributed by atoms with Crippen molar-refractivity contribution in [2.24, 2.45) is 0 Å². The molecule has 1 N–H and O–H groups in total. The Labute approximate surface area is 77.5 Å². The van der Waals surface area contributed by atoms with Gasteiger partial charge in [-0.1, -0.05) is 12.5 Å². The van der Waals surface area contributed by atoms with E-state index in [2.05, 4.69) is 23.7 Å². The summed E-state index contributed by atoms with van der Waals surface area (Å²) < 4.78 is 0. The van der Waals surface area contributed by atoms with E-state index >= 15 is 0 Å². The summed E-state index contributed by atoms with van der Waals surface area (Å²) in [6.45, 7) is 3.55. The maximum atomic E-state index is 8.22. The number of anilines is 1. The minimum atomic E-state index is 0.830. The predicted octanol–water partition coefficient (Wildman–Crippen LogP) is 2.12. The molecule has 0 saturated carbocycles. The number of nitriles is 1. The zero-order valence-electron chi connectivity index (χ0n) is 7.04. The van der Waals surface area contributed by atoms with Crippen LogP contribution in [0.3, 0.4) is 0 Å². The molecule has 0 amide bonds. The van der Waals surface area contributed by atoms with Gasteiger partial charge in [-0.2, -0.15) is 5.26 Å². The first-order chi connectivity index (χ1) is 6.36. The van der Waals surface area contributed by atoms with Gasteiger partial charge in [-0.3, -0.25) is 0 Å². The average molecular weight is 168 g/mol. The van der Waals surface area contributed by atoms with Crippen molar-refractivity contribution in [2.45, 2.75) is 0 Å². The summed E-state index contributed by atoms with van der Waals surface area (Å²) >= 11 is 0. The van der Waals surface area contributed by atoms with E-state index in [0.29, 0.717) is 0 Å². The Balaban J connectivity index is 2.82. The number of benzene rings is 1. The fourth-order valence-electron chi connectivity index (χ4n) is 0.868. The lowest BCUT2D eigenvalue weighted by Crippen LogP contribution is -1.85. The molecular weight excluding hydrogens is 160 g/mol. The molecule has 1 rings (SSSR count). The highest BCUT2D eigenvalue weighted by Gasteiger charge is 1.87. The van der Waals surface area contributed by atoms with Gasteiger partial charge >= 0.3 is 0 Å². The third-order valence-electron chi connectivity index (χ3n) is 1.42. The number of rotatable bonds is 2. The third-order valence-corrected chi connectivity index (χ3v) is 1.42. The number of hydrogen-bond donors (Lipinski definition) is 1. The van der Waals surface area contributed by atoms with E-state index in [4.69, 9.17) is 5.26 Å². The Bertz CT molecular complexity index is 385. The summed E-state index contributed by atoms with van der Waals surface area (Å²) in [7, 11) is 0. The SMILES string of the molecule is C=CNc1ccc(C#CC#N)cc1. The van der Waals surface area contributed by atoms with Crippen LogP contribution in [0.1, 0.15) is 5.56 Å². The van der Waals surface area contributed by atoms with E-state index in [9.17, 15) is 0 Å². The normalized spacial score (nSPS) is 7.62. The van der Waals surface area contributed by atoms with Crippen LogP contribution >= 0.6 is 0 Å². The minimum Gasteiger partial charge on any atom is -0.362 e. The Morgan fingerprint density at radius 1 is 1.31 bits per heavy atom. The molecule has 0 spiro atoms. The van der Waals surface area contributed by atoms with Gasteiger partial charge in [-0.15, -0.1) is 0 Å². The number of nitrogens with one attached hydrogen (secondary N) is 1. The van der Waals surface area contributed by atoms with Crippen LogP contribution in [0.4, 0.5) is 5.69 Å². The van der Waals surface area contributed by atoms with E-state index in [0.717, 1.165) is 11.3 Å². The molecule has 0 radical (unpaired) electrons. The van der Waals surface area contributed by atoms with Gasteiger partial charge in [-0.25, -0.2) is 0 Å². The van der Waals surface area contributed by atoms with E-state index in [1.165, 1.54) is 0 Å². The number of hydrogen-bond acceptors (Lipinski definition) is 2. The second-order valence-electron chi connectivity index (χ2n) is 2.29. The lowest BCUT2D eigenvalue weighted by Gasteiger charge is -1.98. The van der Waals surface area contributed by atoms with Crippen molar-refractivity contribution in [1.82, 2.24) is 0 Å². The monoisotopic (exact) mass is 168 g/mol. The lowest BCUT2D eigenvalue weighted by molar-refractivity contribution is 1.54. The molecule has 0 saturated heterocycles. The zero-order valence-corrected chi connectivity index (χ0v) is 7.04. The summed E-state index contributed by atoms with van der Waals surface area (Å²) in [5, 5.41) is 11.2. The first-order valence-electron chi connectivity index (χ1n) is 3.74. The standard InChI is InChI=1S/C11H8N2/c1-2-13-11-7-5-10(6-8-11)4-3-9-12/h2,5-8,13H,1H2. The van der Waals surface area contributed by atoms with Crippen molar-refractivity contribution >= 4 is 5.69 Å². The van der Waals surface area contributed by atoms with Crippen LogP contribution in [0.5, 0.6) is 0 Å². The van der Waals surface area contributed by atoms with E-state index in [1.807, 2.05) is 24.3 Å².